The molecule has 28 heavy (non-hydrogen) atoms. The predicted molar refractivity (Wildman–Crippen MR) is 115 cm³/mol. The van der Waals surface area contributed by atoms with Crippen LogP contribution in [0, 0.1) is 0 Å². The fraction of sp³-hybridized carbons (Fsp3) is 0.286. The fourth-order valence-corrected chi connectivity index (χ4v) is 5.90. The van der Waals surface area contributed by atoms with Gasteiger partial charge in [0.2, 0.25) is 10.0 Å². The summed E-state index contributed by atoms with van der Waals surface area (Å²) >= 11 is 7.49. The number of hydrogen-bond donors (Lipinski definition) is 0. The van der Waals surface area contributed by atoms with Gasteiger partial charge in [0, 0.05) is 34.6 Å². The molecule has 0 bridgehead atoms. The van der Waals surface area contributed by atoms with Crippen LogP contribution in [0.3, 0.4) is 0 Å². The first-order chi connectivity index (χ1) is 13.5. The van der Waals surface area contributed by atoms with E-state index in [1.807, 2.05) is 35.7 Å². The van der Waals surface area contributed by atoms with Crippen LogP contribution in [0.5, 0.6) is 0 Å². The summed E-state index contributed by atoms with van der Waals surface area (Å²) in [4.78, 5) is 5.04. The Balaban J connectivity index is 1.63. The van der Waals surface area contributed by atoms with Gasteiger partial charge in [-0.3, -0.25) is 0 Å². The molecule has 2 aromatic carbocycles. The lowest BCUT2D eigenvalue weighted by molar-refractivity contribution is 0.424. The lowest BCUT2D eigenvalue weighted by atomic mass is 10.2. The Morgan fingerprint density at radius 2 is 1.64 bits per heavy atom. The van der Waals surface area contributed by atoms with Gasteiger partial charge in [0.1, 0.15) is 5.01 Å². The molecule has 1 aliphatic rings. The molecule has 0 radical (unpaired) electrons. The van der Waals surface area contributed by atoms with Gasteiger partial charge in [-0.25, -0.2) is 13.4 Å². The first kappa shape index (κ1) is 19.6. The summed E-state index contributed by atoms with van der Waals surface area (Å²) in [7, 11) is -3.47. The second-order valence-electron chi connectivity index (χ2n) is 6.89. The van der Waals surface area contributed by atoms with Gasteiger partial charge in [-0.1, -0.05) is 48.7 Å². The highest BCUT2D eigenvalue weighted by molar-refractivity contribution is 7.89. The third kappa shape index (κ3) is 4.15. The maximum absolute atomic E-state index is 13.1. The molecule has 1 saturated heterocycles. The molecule has 0 aliphatic carbocycles. The smallest absolute Gasteiger partial charge is 0.236 e. The summed E-state index contributed by atoms with van der Waals surface area (Å²) < 4.78 is 27.8. The van der Waals surface area contributed by atoms with Crippen LogP contribution in [0.4, 0.5) is 0 Å². The lowest BCUT2D eigenvalue weighted by Gasteiger charge is -2.20. The van der Waals surface area contributed by atoms with E-state index in [1.165, 1.54) is 11.3 Å². The quantitative estimate of drug-likeness (QED) is 0.531. The van der Waals surface area contributed by atoms with Crippen molar-refractivity contribution in [1.29, 1.82) is 0 Å². The molecule has 146 valence electrons. The van der Waals surface area contributed by atoms with E-state index in [-0.39, 0.29) is 0 Å². The normalized spacial score (nSPS) is 16.0. The second-order valence-corrected chi connectivity index (χ2v) is 10.1. The topological polar surface area (TPSA) is 50.3 Å². The molecule has 4 nitrogen and oxygen atoms in total. The molecule has 3 aromatic rings. The Hall–Kier alpha value is -1.73. The Labute approximate surface area is 174 Å². The third-order valence-corrected chi connectivity index (χ3v) is 7.97. The second kappa shape index (κ2) is 8.33. The summed E-state index contributed by atoms with van der Waals surface area (Å²) in [5, 5.41) is 3.53. The molecule has 0 N–H and O–H groups in total. The zero-order valence-corrected chi connectivity index (χ0v) is 17.7. The minimum Gasteiger partial charge on any atom is -0.236 e. The molecule has 0 amide bonds. The highest BCUT2D eigenvalue weighted by atomic mass is 35.5. The van der Waals surface area contributed by atoms with E-state index in [1.54, 1.807) is 22.5 Å². The average molecular weight is 433 g/mol. The molecule has 1 aromatic heterocycles. The Morgan fingerprint density at radius 1 is 0.929 bits per heavy atom. The molecular weight excluding hydrogens is 412 g/mol. The molecule has 0 unspecified atom stereocenters. The molecule has 0 saturated carbocycles. The van der Waals surface area contributed by atoms with Crippen LogP contribution in [-0.2, 0) is 10.0 Å². The lowest BCUT2D eigenvalue weighted by Crippen LogP contribution is -2.31. The fourth-order valence-electron chi connectivity index (χ4n) is 3.38. The Kier molecular flexibility index (Phi) is 5.83. The van der Waals surface area contributed by atoms with E-state index in [0.717, 1.165) is 47.5 Å². The maximum atomic E-state index is 13.1. The third-order valence-electron chi connectivity index (χ3n) is 4.93. The standard InChI is InChI=1S/C21H21ClN2O2S2/c22-18-10-8-16(9-11-18)21-23-20(15-27-21)17-6-5-7-19(14-17)28(25,26)24-12-3-1-2-4-13-24/h5-11,14-15H,1-4,12-13H2. The van der Waals surface area contributed by atoms with Crippen LogP contribution in [0.25, 0.3) is 21.8 Å². The summed E-state index contributed by atoms with van der Waals surface area (Å²) in [6, 6.07) is 14.7. The van der Waals surface area contributed by atoms with Crippen LogP contribution in [0.15, 0.2) is 58.8 Å². The largest absolute Gasteiger partial charge is 0.243 e. The zero-order chi connectivity index (χ0) is 19.6. The minimum absolute atomic E-state index is 0.341. The number of hydrogen-bond acceptors (Lipinski definition) is 4. The molecule has 0 atom stereocenters. The van der Waals surface area contributed by atoms with Crippen LogP contribution in [0.1, 0.15) is 25.7 Å². The van der Waals surface area contributed by atoms with E-state index in [9.17, 15) is 8.42 Å². The molecule has 1 aliphatic heterocycles. The number of aromatic nitrogens is 1. The maximum Gasteiger partial charge on any atom is 0.243 e. The number of nitrogens with zero attached hydrogens (tertiary/aromatic N) is 2. The van der Waals surface area contributed by atoms with Gasteiger partial charge < -0.3 is 0 Å². The van der Waals surface area contributed by atoms with Crippen LogP contribution >= 0.6 is 22.9 Å². The van der Waals surface area contributed by atoms with E-state index < -0.39 is 10.0 Å². The number of benzene rings is 2. The van der Waals surface area contributed by atoms with Crippen molar-refractivity contribution in [1.82, 2.24) is 9.29 Å². The SMILES string of the molecule is O=S(=O)(c1cccc(-c2csc(-c3ccc(Cl)cc3)n2)c1)N1CCCCCC1. The van der Waals surface area contributed by atoms with Gasteiger partial charge in [-0.15, -0.1) is 11.3 Å². The molecule has 2 heterocycles. The zero-order valence-electron chi connectivity index (χ0n) is 15.3. The van der Waals surface area contributed by atoms with E-state index in [2.05, 4.69) is 0 Å². The van der Waals surface area contributed by atoms with Crippen LogP contribution < -0.4 is 0 Å². The average Bonchev–Trinajstić information content (AvgIpc) is 3.03. The van der Waals surface area contributed by atoms with Gasteiger partial charge in [0.05, 0.1) is 10.6 Å². The number of thiazole rings is 1. The van der Waals surface area contributed by atoms with Crippen molar-refractivity contribution in [3.05, 3.63) is 58.9 Å². The minimum atomic E-state index is -3.47. The molecular formula is C21H21ClN2O2S2. The Morgan fingerprint density at radius 3 is 2.36 bits per heavy atom. The van der Waals surface area contributed by atoms with E-state index in [0.29, 0.717) is 23.0 Å². The number of halogens is 1. The number of sulfonamides is 1. The van der Waals surface area contributed by atoms with Crippen molar-refractivity contribution in [2.24, 2.45) is 0 Å². The summed E-state index contributed by atoms with van der Waals surface area (Å²) in [6.07, 6.45) is 4.04. The van der Waals surface area contributed by atoms with Gasteiger partial charge in [0.15, 0.2) is 0 Å². The van der Waals surface area contributed by atoms with E-state index >= 15 is 0 Å². The van der Waals surface area contributed by atoms with Crippen molar-refractivity contribution in [3.63, 3.8) is 0 Å². The summed E-state index contributed by atoms with van der Waals surface area (Å²) in [5.74, 6) is 0. The van der Waals surface area contributed by atoms with Crippen LogP contribution in [0.2, 0.25) is 5.02 Å². The Bertz CT molecular complexity index is 1050. The van der Waals surface area contributed by atoms with Crippen molar-refractivity contribution in [2.75, 3.05) is 13.1 Å². The first-order valence-corrected chi connectivity index (χ1v) is 12.1. The van der Waals surface area contributed by atoms with E-state index in [4.69, 9.17) is 16.6 Å². The van der Waals surface area contributed by atoms with Gasteiger partial charge in [-0.2, -0.15) is 4.31 Å². The summed E-state index contributed by atoms with van der Waals surface area (Å²) in [6.45, 7) is 1.20. The molecule has 7 heteroatoms. The van der Waals surface area contributed by atoms with Gasteiger partial charge in [-0.05, 0) is 37.1 Å². The molecule has 0 spiro atoms. The predicted octanol–water partition coefficient (Wildman–Crippen LogP) is 5.70. The van der Waals surface area contributed by atoms with Crippen molar-refractivity contribution < 1.29 is 8.42 Å². The molecule has 1 fully saturated rings. The highest BCUT2D eigenvalue weighted by Crippen LogP contribution is 2.31. The highest BCUT2D eigenvalue weighted by Gasteiger charge is 2.25. The van der Waals surface area contributed by atoms with Gasteiger partial charge in [0.25, 0.3) is 0 Å². The summed E-state index contributed by atoms with van der Waals surface area (Å²) in [5.41, 5.74) is 2.59. The molecule has 4 rings (SSSR count). The van der Waals surface area contributed by atoms with Crippen molar-refractivity contribution >= 4 is 33.0 Å². The van der Waals surface area contributed by atoms with Crippen LogP contribution in [-0.4, -0.2) is 30.8 Å². The van der Waals surface area contributed by atoms with Crippen molar-refractivity contribution in [2.45, 2.75) is 30.6 Å². The number of rotatable bonds is 4. The van der Waals surface area contributed by atoms with Crippen molar-refractivity contribution in [3.8, 4) is 21.8 Å². The monoisotopic (exact) mass is 432 g/mol. The first-order valence-electron chi connectivity index (χ1n) is 9.36. The van der Waals surface area contributed by atoms with Gasteiger partial charge >= 0.3 is 0 Å².